The predicted octanol–water partition coefficient (Wildman–Crippen LogP) is 3.78. The molecule has 1 heterocycles. The summed E-state index contributed by atoms with van der Waals surface area (Å²) in [7, 11) is 1.61. The van der Waals surface area contributed by atoms with E-state index in [9.17, 15) is 14.0 Å². The molecule has 2 aromatic carbocycles. The number of ether oxygens (including phenoxy) is 1. The van der Waals surface area contributed by atoms with Crippen LogP contribution in [0.2, 0.25) is 0 Å². The van der Waals surface area contributed by atoms with Crippen LogP contribution in [0.25, 0.3) is 0 Å². The molecular formula is C22H26FN3O3. The van der Waals surface area contributed by atoms with E-state index in [1.807, 2.05) is 31.2 Å². The number of urea groups is 1. The molecule has 29 heavy (non-hydrogen) atoms. The lowest BCUT2D eigenvalue weighted by Gasteiger charge is -2.38. The van der Waals surface area contributed by atoms with Gasteiger partial charge in [-0.3, -0.25) is 4.79 Å². The number of likely N-dealkylation sites (tertiary alicyclic amines) is 1. The average molecular weight is 399 g/mol. The van der Waals surface area contributed by atoms with Gasteiger partial charge in [-0.1, -0.05) is 25.1 Å². The molecule has 0 atom stereocenters. The Labute approximate surface area is 170 Å². The number of halogens is 1. The number of carbonyl (C=O) groups is 2. The topological polar surface area (TPSA) is 70.7 Å². The van der Waals surface area contributed by atoms with Crippen molar-refractivity contribution in [3.05, 3.63) is 59.9 Å². The number of hydrogen-bond donors (Lipinski definition) is 2. The Kier molecular flexibility index (Phi) is 6.36. The lowest BCUT2D eigenvalue weighted by molar-refractivity contribution is -0.132. The van der Waals surface area contributed by atoms with E-state index in [4.69, 9.17) is 4.74 Å². The normalized spacial score (nSPS) is 15.5. The van der Waals surface area contributed by atoms with Crippen LogP contribution in [-0.2, 0) is 11.3 Å². The molecule has 2 aromatic rings. The first-order chi connectivity index (χ1) is 13.9. The van der Waals surface area contributed by atoms with Gasteiger partial charge in [0.1, 0.15) is 11.6 Å². The van der Waals surface area contributed by atoms with Gasteiger partial charge in [0.2, 0.25) is 5.91 Å². The fourth-order valence-electron chi connectivity index (χ4n) is 3.38. The molecule has 0 bridgehead atoms. The lowest BCUT2D eigenvalue weighted by Crippen LogP contribution is -2.49. The molecule has 1 aliphatic heterocycles. The summed E-state index contributed by atoms with van der Waals surface area (Å²) >= 11 is 0. The summed E-state index contributed by atoms with van der Waals surface area (Å²) in [4.78, 5) is 26.8. The SMILES string of the molecule is COc1cccc(CNC(=O)C2(C)CCN(C(=O)Nc3cccc(F)c3)CC2)c1. The Bertz CT molecular complexity index is 879. The van der Waals surface area contributed by atoms with Crippen molar-refractivity contribution in [1.82, 2.24) is 10.2 Å². The third-order valence-electron chi connectivity index (χ3n) is 5.37. The highest BCUT2D eigenvalue weighted by atomic mass is 19.1. The van der Waals surface area contributed by atoms with Gasteiger partial charge in [-0.2, -0.15) is 0 Å². The fourth-order valence-corrected chi connectivity index (χ4v) is 3.38. The van der Waals surface area contributed by atoms with Crippen molar-refractivity contribution in [2.24, 2.45) is 5.41 Å². The zero-order chi connectivity index (χ0) is 20.9. The summed E-state index contributed by atoms with van der Waals surface area (Å²) in [6.45, 7) is 3.28. The molecule has 1 fully saturated rings. The highest BCUT2D eigenvalue weighted by Crippen LogP contribution is 2.31. The molecule has 3 rings (SSSR count). The van der Waals surface area contributed by atoms with Gasteiger partial charge < -0.3 is 20.3 Å². The van der Waals surface area contributed by atoms with Crippen molar-refractivity contribution >= 4 is 17.6 Å². The third kappa shape index (κ3) is 5.25. The van der Waals surface area contributed by atoms with Gasteiger partial charge >= 0.3 is 6.03 Å². The van der Waals surface area contributed by atoms with E-state index in [-0.39, 0.29) is 11.9 Å². The molecule has 1 saturated heterocycles. The van der Waals surface area contributed by atoms with E-state index in [2.05, 4.69) is 10.6 Å². The number of nitrogens with zero attached hydrogens (tertiary/aromatic N) is 1. The predicted molar refractivity (Wildman–Crippen MR) is 109 cm³/mol. The van der Waals surface area contributed by atoms with Crippen molar-refractivity contribution in [2.75, 3.05) is 25.5 Å². The largest absolute Gasteiger partial charge is 0.497 e. The van der Waals surface area contributed by atoms with Crippen LogP contribution >= 0.6 is 0 Å². The number of hydrogen-bond acceptors (Lipinski definition) is 3. The van der Waals surface area contributed by atoms with Gasteiger partial charge in [-0.15, -0.1) is 0 Å². The zero-order valence-corrected chi connectivity index (χ0v) is 16.7. The van der Waals surface area contributed by atoms with Crippen molar-refractivity contribution in [3.63, 3.8) is 0 Å². The minimum Gasteiger partial charge on any atom is -0.497 e. The second kappa shape index (κ2) is 8.94. The first kappa shape index (κ1) is 20.6. The Morgan fingerprint density at radius 1 is 1.14 bits per heavy atom. The van der Waals surface area contributed by atoms with E-state index in [0.29, 0.717) is 38.2 Å². The first-order valence-corrected chi connectivity index (χ1v) is 9.62. The molecule has 3 amide bonds. The molecule has 0 aromatic heterocycles. The second-order valence-corrected chi connectivity index (χ2v) is 7.52. The molecule has 1 aliphatic rings. The number of rotatable bonds is 5. The van der Waals surface area contributed by atoms with E-state index >= 15 is 0 Å². The first-order valence-electron chi connectivity index (χ1n) is 9.62. The molecule has 0 saturated carbocycles. The summed E-state index contributed by atoms with van der Waals surface area (Å²) in [5.74, 6) is 0.327. The van der Waals surface area contributed by atoms with Gasteiger partial charge in [0.15, 0.2) is 0 Å². The number of nitrogens with one attached hydrogen (secondary N) is 2. The molecule has 154 valence electrons. The number of piperidine rings is 1. The van der Waals surface area contributed by atoms with Gasteiger partial charge in [-0.05, 0) is 48.7 Å². The summed E-state index contributed by atoms with van der Waals surface area (Å²) in [6, 6.07) is 13.1. The number of anilines is 1. The highest BCUT2D eigenvalue weighted by molar-refractivity contribution is 5.89. The van der Waals surface area contributed by atoms with Gasteiger partial charge in [0.05, 0.1) is 7.11 Å². The molecule has 0 aliphatic carbocycles. The third-order valence-corrected chi connectivity index (χ3v) is 5.37. The van der Waals surface area contributed by atoms with Crippen molar-refractivity contribution in [2.45, 2.75) is 26.3 Å². The number of methoxy groups -OCH3 is 1. The van der Waals surface area contributed by atoms with Crippen LogP contribution in [0.1, 0.15) is 25.3 Å². The van der Waals surface area contributed by atoms with Gasteiger partial charge in [-0.25, -0.2) is 9.18 Å². The monoisotopic (exact) mass is 399 g/mol. The summed E-state index contributed by atoms with van der Waals surface area (Å²) in [5, 5.41) is 5.70. The highest BCUT2D eigenvalue weighted by Gasteiger charge is 2.37. The Hall–Kier alpha value is -3.09. The van der Waals surface area contributed by atoms with E-state index < -0.39 is 11.2 Å². The maximum atomic E-state index is 13.3. The quantitative estimate of drug-likeness (QED) is 0.804. The number of carbonyl (C=O) groups excluding carboxylic acids is 2. The standard InChI is InChI=1S/C22H26FN3O3/c1-22(20(27)24-15-16-5-3-8-19(13-16)29-2)9-11-26(12-10-22)21(28)25-18-7-4-6-17(23)14-18/h3-8,13-14H,9-12,15H2,1-2H3,(H,24,27)(H,25,28). The Morgan fingerprint density at radius 3 is 2.55 bits per heavy atom. The fraction of sp³-hybridized carbons (Fsp3) is 0.364. The maximum Gasteiger partial charge on any atom is 0.321 e. The molecular weight excluding hydrogens is 373 g/mol. The van der Waals surface area contributed by atoms with Crippen LogP contribution in [0.15, 0.2) is 48.5 Å². The molecule has 0 spiro atoms. The van der Waals surface area contributed by atoms with Gasteiger partial charge in [0, 0.05) is 30.7 Å². The number of amides is 3. The smallest absolute Gasteiger partial charge is 0.321 e. The van der Waals surface area contributed by atoms with Crippen LogP contribution in [0, 0.1) is 11.2 Å². The second-order valence-electron chi connectivity index (χ2n) is 7.52. The molecule has 2 N–H and O–H groups in total. The summed E-state index contributed by atoms with van der Waals surface area (Å²) in [5.41, 5.74) is 0.849. The van der Waals surface area contributed by atoms with Crippen LogP contribution in [0.3, 0.4) is 0 Å². The zero-order valence-electron chi connectivity index (χ0n) is 16.7. The van der Waals surface area contributed by atoms with Crippen LogP contribution in [-0.4, -0.2) is 37.0 Å². The van der Waals surface area contributed by atoms with E-state index in [0.717, 1.165) is 11.3 Å². The minimum atomic E-state index is -0.533. The molecule has 0 unspecified atom stereocenters. The van der Waals surface area contributed by atoms with Crippen molar-refractivity contribution in [1.29, 1.82) is 0 Å². The summed E-state index contributed by atoms with van der Waals surface area (Å²) < 4.78 is 18.5. The molecule has 6 nitrogen and oxygen atoms in total. The number of benzene rings is 2. The molecule has 7 heteroatoms. The van der Waals surface area contributed by atoms with E-state index in [1.165, 1.54) is 12.1 Å². The molecule has 0 radical (unpaired) electrons. The average Bonchev–Trinajstić information content (AvgIpc) is 2.72. The van der Waals surface area contributed by atoms with Crippen LogP contribution < -0.4 is 15.4 Å². The Balaban J connectivity index is 1.51. The Morgan fingerprint density at radius 2 is 1.86 bits per heavy atom. The lowest BCUT2D eigenvalue weighted by atomic mass is 9.79. The summed E-state index contributed by atoms with van der Waals surface area (Å²) in [6.07, 6.45) is 1.13. The van der Waals surface area contributed by atoms with Crippen LogP contribution in [0.5, 0.6) is 5.75 Å². The van der Waals surface area contributed by atoms with Crippen molar-refractivity contribution in [3.8, 4) is 5.75 Å². The van der Waals surface area contributed by atoms with E-state index in [1.54, 1.807) is 24.1 Å². The maximum absolute atomic E-state index is 13.3. The van der Waals surface area contributed by atoms with Crippen LogP contribution in [0.4, 0.5) is 14.9 Å². The van der Waals surface area contributed by atoms with Crippen molar-refractivity contribution < 1.29 is 18.7 Å². The minimum absolute atomic E-state index is 0.0227. The van der Waals surface area contributed by atoms with Gasteiger partial charge in [0.25, 0.3) is 0 Å².